The fraction of sp³-hybridized carbons (Fsp3) is 0.562. The van der Waals surface area contributed by atoms with Crippen molar-refractivity contribution in [3.8, 4) is 0 Å². The zero-order valence-corrected chi connectivity index (χ0v) is 12.5. The molecule has 5 heteroatoms. The van der Waals surface area contributed by atoms with Crippen molar-refractivity contribution in [3.63, 3.8) is 0 Å². The molecule has 0 aromatic heterocycles. The molecule has 0 heterocycles. The summed E-state index contributed by atoms with van der Waals surface area (Å²) >= 11 is 0. The van der Waals surface area contributed by atoms with Gasteiger partial charge < -0.3 is 5.11 Å². The van der Waals surface area contributed by atoms with Gasteiger partial charge in [-0.15, -0.1) is 0 Å². The first kappa shape index (κ1) is 15.5. The van der Waals surface area contributed by atoms with E-state index >= 15 is 0 Å². The zero-order chi connectivity index (χ0) is 15.6. The largest absolute Gasteiger partial charge is 0.481 e. The fourth-order valence-corrected chi connectivity index (χ4v) is 3.44. The second-order valence-corrected chi connectivity index (χ2v) is 6.10. The van der Waals surface area contributed by atoms with E-state index in [1.54, 1.807) is 13.0 Å². The molecule has 1 aromatic carbocycles. The molecule has 0 radical (unpaired) electrons. The quantitative estimate of drug-likeness (QED) is 0.662. The third-order valence-electron chi connectivity index (χ3n) is 4.88. The SMILES string of the molecule is CCC1CCC(Cc2cccc([N+](=O)[O-])c2C)(C(=O)O)C1. The van der Waals surface area contributed by atoms with E-state index in [1.807, 2.05) is 6.07 Å². The Hall–Kier alpha value is -1.91. The number of hydrogen-bond donors (Lipinski definition) is 1. The predicted molar refractivity (Wildman–Crippen MR) is 79.2 cm³/mol. The van der Waals surface area contributed by atoms with E-state index in [0.717, 1.165) is 18.4 Å². The maximum atomic E-state index is 11.8. The summed E-state index contributed by atoms with van der Waals surface area (Å²) in [6.07, 6.45) is 3.62. The van der Waals surface area contributed by atoms with Crippen LogP contribution < -0.4 is 0 Å². The first-order valence-corrected chi connectivity index (χ1v) is 7.36. The van der Waals surface area contributed by atoms with Gasteiger partial charge in [0.2, 0.25) is 0 Å². The molecule has 114 valence electrons. The standard InChI is InChI=1S/C16H21NO4/c1-3-12-7-8-16(9-12,15(18)19)10-13-5-4-6-14(11(13)2)17(20)21/h4-6,12H,3,7-10H2,1-2H3,(H,18,19). The lowest BCUT2D eigenvalue weighted by molar-refractivity contribution is -0.385. The third kappa shape index (κ3) is 2.91. The van der Waals surface area contributed by atoms with Crippen LogP contribution in [0.1, 0.15) is 43.7 Å². The number of carbonyl (C=O) groups is 1. The summed E-state index contributed by atoms with van der Waals surface area (Å²) in [5.41, 5.74) is 0.671. The van der Waals surface area contributed by atoms with Gasteiger partial charge in [-0.05, 0) is 44.1 Å². The Morgan fingerprint density at radius 2 is 2.24 bits per heavy atom. The second kappa shape index (κ2) is 5.84. The van der Waals surface area contributed by atoms with Gasteiger partial charge in [-0.1, -0.05) is 25.5 Å². The molecule has 0 bridgehead atoms. The van der Waals surface area contributed by atoms with Crippen LogP contribution in [-0.4, -0.2) is 16.0 Å². The average molecular weight is 291 g/mol. The van der Waals surface area contributed by atoms with Gasteiger partial charge in [-0.25, -0.2) is 0 Å². The van der Waals surface area contributed by atoms with Crippen molar-refractivity contribution in [2.75, 3.05) is 0 Å². The maximum Gasteiger partial charge on any atom is 0.309 e. The Morgan fingerprint density at radius 3 is 2.76 bits per heavy atom. The minimum absolute atomic E-state index is 0.0677. The van der Waals surface area contributed by atoms with E-state index in [-0.39, 0.29) is 5.69 Å². The molecule has 2 rings (SSSR count). The second-order valence-electron chi connectivity index (χ2n) is 6.10. The Labute approximate surface area is 124 Å². The summed E-state index contributed by atoms with van der Waals surface area (Å²) in [5, 5.41) is 20.7. The number of carboxylic acids is 1. The molecule has 0 aliphatic heterocycles. The van der Waals surface area contributed by atoms with Gasteiger partial charge in [-0.2, -0.15) is 0 Å². The van der Waals surface area contributed by atoms with Gasteiger partial charge in [-0.3, -0.25) is 14.9 Å². The zero-order valence-electron chi connectivity index (χ0n) is 12.5. The summed E-state index contributed by atoms with van der Waals surface area (Å²) in [4.78, 5) is 22.4. The molecule has 2 unspecified atom stereocenters. The minimum atomic E-state index is -0.774. The molecule has 1 N–H and O–H groups in total. The van der Waals surface area contributed by atoms with Gasteiger partial charge >= 0.3 is 5.97 Å². The monoisotopic (exact) mass is 291 g/mol. The van der Waals surface area contributed by atoms with Crippen molar-refractivity contribution in [1.82, 2.24) is 0 Å². The molecule has 1 saturated carbocycles. The first-order chi connectivity index (χ1) is 9.89. The van der Waals surface area contributed by atoms with E-state index < -0.39 is 16.3 Å². The maximum absolute atomic E-state index is 11.8. The smallest absolute Gasteiger partial charge is 0.309 e. The number of benzene rings is 1. The van der Waals surface area contributed by atoms with Gasteiger partial charge in [0.05, 0.1) is 10.3 Å². The molecule has 0 spiro atoms. The summed E-state index contributed by atoms with van der Waals surface area (Å²) in [5.74, 6) is -0.329. The van der Waals surface area contributed by atoms with Gasteiger partial charge in [0.15, 0.2) is 0 Å². The minimum Gasteiger partial charge on any atom is -0.481 e. The highest BCUT2D eigenvalue weighted by atomic mass is 16.6. The lowest BCUT2D eigenvalue weighted by Gasteiger charge is -2.25. The van der Waals surface area contributed by atoms with E-state index in [0.29, 0.717) is 30.7 Å². The fourth-order valence-electron chi connectivity index (χ4n) is 3.44. The number of nitro groups is 1. The topological polar surface area (TPSA) is 80.4 Å². The van der Waals surface area contributed by atoms with Crippen molar-refractivity contribution >= 4 is 11.7 Å². The first-order valence-electron chi connectivity index (χ1n) is 7.36. The number of nitro benzene ring substituents is 1. The molecule has 0 saturated heterocycles. The molecule has 1 fully saturated rings. The lowest BCUT2D eigenvalue weighted by Crippen LogP contribution is -2.31. The highest BCUT2D eigenvalue weighted by molar-refractivity contribution is 5.75. The number of nitrogens with zero attached hydrogens (tertiary/aromatic N) is 1. The summed E-state index contributed by atoms with van der Waals surface area (Å²) < 4.78 is 0. The Kier molecular flexibility index (Phi) is 4.30. The van der Waals surface area contributed by atoms with Crippen molar-refractivity contribution in [2.45, 2.75) is 46.0 Å². The van der Waals surface area contributed by atoms with Crippen molar-refractivity contribution in [3.05, 3.63) is 39.4 Å². The summed E-state index contributed by atoms with van der Waals surface area (Å²) in [6, 6.07) is 4.92. The van der Waals surface area contributed by atoms with Crippen LogP contribution >= 0.6 is 0 Å². The van der Waals surface area contributed by atoms with Crippen molar-refractivity contribution < 1.29 is 14.8 Å². The Bertz CT molecular complexity index is 569. The highest BCUT2D eigenvalue weighted by Crippen LogP contribution is 2.46. The molecule has 1 aliphatic carbocycles. The molecule has 5 nitrogen and oxygen atoms in total. The van der Waals surface area contributed by atoms with Crippen molar-refractivity contribution in [1.29, 1.82) is 0 Å². The highest BCUT2D eigenvalue weighted by Gasteiger charge is 2.45. The number of aliphatic carboxylic acids is 1. The lowest BCUT2D eigenvalue weighted by atomic mass is 9.78. The molecular weight excluding hydrogens is 270 g/mol. The molecule has 2 atom stereocenters. The van der Waals surface area contributed by atoms with Crippen LogP contribution in [0.25, 0.3) is 0 Å². The third-order valence-corrected chi connectivity index (χ3v) is 4.88. The number of rotatable bonds is 5. The van der Waals surface area contributed by atoms with Crippen LogP contribution in [0.5, 0.6) is 0 Å². The molecule has 21 heavy (non-hydrogen) atoms. The molecule has 1 aliphatic rings. The van der Waals surface area contributed by atoms with Crippen LogP contribution in [0.2, 0.25) is 0 Å². The molecule has 1 aromatic rings. The van der Waals surface area contributed by atoms with Gasteiger partial charge in [0.25, 0.3) is 5.69 Å². The van der Waals surface area contributed by atoms with E-state index in [4.69, 9.17) is 0 Å². The van der Waals surface area contributed by atoms with Crippen LogP contribution in [0.4, 0.5) is 5.69 Å². The Morgan fingerprint density at radius 1 is 1.52 bits per heavy atom. The number of hydrogen-bond acceptors (Lipinski definition) is 3. The predicted octanol–water partition coefficient (Wildman–Crippen LogP) is 3.73. The summed E-state index contributed by atoms with van der Waals surface area (Å²) in [7, 11) is 0. The normalized spacial score (nSPS) is 25.0. The number of carboxylic acid groups (broad SMARTS) is 1. The van der Waals surface area contributed by atoms with E-state index in [9.17, 15) is 20.0 Å². The van der Waals surface area contributed by atoms with Gasteiger partial charge in [0, 0.05) is 11.6 Å². The molecular formula is C16H21NO4. The van der Waals surface area contributed by atoms with Gasteiger partial charge in [0.1, 0.15) is 0 Å². The van der Waals surface area contributed by atoms with E-state index in [2.05, 4.69) is 6.92 Å². The average Bonchev–Trinajstić information content (AvgIpc) is 2.85. The van der Waals surface area contributed by atoms with Crippen LogP contribution in [0, 0.1) is 28.4 Å². The van der Waals surface area contributed by atoms with Crippen LogP contribution in [-0.2, 0) is 11.2 Å². The molecule has 0 amide bonds. The van der Waals surface area contributed by atoms with Crippen LogP contribution in [0.15, 0.2) is 18.2 Å². The Balaban J connectivity index is 2.33. The summed E-state index contributed by atoms with van der Waals surface area (Å²) in [6.45, 7) is 3.79. The van der Waals surface area contributed by atoms with E-state index in [1.165, 1.54) is 6.07 Å². The van der Waals surface area contributed by atoms with Crippen molar-refractivity contribution in [2.24, 2.45) is 11.3 Å². The van der Waals surface area contributed by atoms with Crippen LogP contribution in [0.3, 0.4) is 0 Å².